The summed E-state index contributed by atoms with van der Waals surface area (Å²) in [5, 5.41) is 13.8. The van der Waals surface area contributed by atoms with Gasteiger partial charge in [-0.25, -0.2) is 23.7 Å². The van der Waals surface area contributed by atoms with Crippen molar-refractivity contribution in [3.8, 4) is 27.6 Å². The first kappa shape index (κ1) is 33.8. The number of ether oxygens (including phenoxy) is 1. The molecule has 5 rings (SSSR count). The van der Waals surface area contributed by atoms with Crippen molar-refractivity contribution >= 4 is 51.3 Å². The van der Waals surface area contributed by atoms with Gasteiger partial charge in [0.25, 0.3) is 5.91 Å². The molecule has 3 aromatic carbocycles. The molecule has 0 aliphatic rings. The third-order valence-corrected chi connectivity index (χ3v) is 7.30. The normalized spacial score (nSPS) is 10.6. The molecule has 0 spiro atoms. The third-order valence-electron chi connectivity index (χ3n) is 6.10. The van der Waals surface area contributed by atoms with Crippen LogP contribution < -0.4 is 21.1 Å². The van der Waals surface area contributed by atoms with Crippen molar-refractivity contribution in [3.05, 3.63) is 108 Å². The van der Waals surface area contributed by atoms with Gasteiger partial charge in [0.2, 0.25) is 5.95 Å². The molecule has 0 unspecified atom stereocenters. The first-order valence-corrected chi connectivity index (χ1v) is 14.8. The topological polar surface area (TPSA) is 139 Å². The first-order chi connectivity index (χ1) is 22.1. The van der Waals surface area contributed by atoms with E-state index in [1.54, 1.807) is 48.7 Å². The molecule has 5 N–H and O–H groups in total. The maximum atomic E-state index is 14.1. The predicted octanol–water partition coefficient (Wildman–Crippen LogP) is 7.41. The molecular formula is C32H30ClF2N7O3S. The molecule has 14 heteroatoms. The molecule has 10 nitrogen and oxygen atoms in total. The first-order valence-electron chi connectivity index (χ1n) is 13.6. The van der Waals surface area contributed by atoms with E-state index in [2.05, 4.69) is 32.2 Å². The van der Waals surface area contributed by atoms with E-state index < -0.39 is 23.1 Å². The molecular weight excluding hydrogens is 636 g/mol. The maximum Gasteiger partial charge on any atom is 0.261 e. The summed E-state index contributed by atoms with van der Waals surface area (Å²) in [4.78, 5) is 28.8. The number of rotatable bonds is 10. The molecule has 0 radical (unpaired) electrons. The molecule has 0 saturated heterocycles. The Hall–Kier alpha value is -5.11. The Morgan fingerprint density at radius 2 is 1.80 bits per heavy atom. The van der Waals surface area contributed by atoms with Gasteiger partial charge >= 0.3 is 0 Å². The zero-order valence-corrected chi connectivity index (χ0v) is 26.4. The lowest BCUT2D eigenvalue weighted by Crippen LogP contribution is -2.19. The van der Waals surface area contributed by atoms with Crippen molar-refractivity contribution in [2.45, 2.75) is 0 Å². The molecule has 0 aliphatic carbocycles. The maximum absolute atomic E-state index is 14.1. The second kappa shape index (κ2) is 15.8. The van der Waals surface area contributed by atoms with E-state index in [9.17, 15) is 13.6 Å². The zero-order valence-electron chi connectivity index (χ0n) is 24.8. The van der Waals surface area contributed by atoms with E-state index in [0.29, 0.717) is 61.7 Å². The van der Waals surface area contributed by atoms with Gasteiger partial charge in [0.05, 0.1) is 27.5 Å². The van der Waals surface area contributed by atoms with E-state index in [1.165, 1.54) is 17.4 Å². The molecule has 1 amide bonds. The summed E-state index contributed by atoms with van der Waals surface area (Å²) in [7, 11) is 3.93. The van der Waals surface area contributed by atoms with Gasteiger partial charge in [-0.15, -0.1) is 0 Å². The van der Waals surface area contributed by atoms with Crippen molar-refractivity contribution in [3.63, 3.8) is 0 Å². The van der Waals surface area contributed by atoms with Crippen LogP contribution >= 0.6 is 22.9 Å². The Morgan fingerprint density at radius 1 is 1.09 bits per heavy atom. The van der Waals surface area contributed by atoms with Crippen molar-refractivity contribution in [1.82, 2.24) is 19.9 Å². The van der Waals surface area contributed by atoms with Gasteiger partial charge in [0.1, 0.15) is 29.6 Å². The van der Waals surface area contributed by atoms with Crippen LogP contribution in [0.2, 0.25) is 5.02 Å². The number of nitrogens with two attached hydrogens (primary N) is 1. The van der Waals surface area contributed by atoms with Crippen LogP contribution in [0, 0.1) is 11.6 Å². The minimum absolute atomic E-state index is 0.303. The third kappa shape index (κ3) is 8.75. The van der Waals surface area contributed by atoms with Crippen LogP contribution in [-0.4, -0.2) is 58.1 Å². The summed E-state index contributed by atoms with van der Waals surface area (Å²) in [6.45, 7) is 4.18. The number of nitrogens with zero attached hydrogens (tertiary/aromatic N) is 4. The lowest BCUT2D eigenvalue weighted by atomic mass is 10.1. The largest absolute Gasteiger partial charge is 0.516 e. The number of carbonyl (C=O) groups excluding carboxylic acids is 1. The highest BCUT2D eigenvalue weighted by atomic mass is 35.5. The number of aromatic nitrogens is 3. The molecule has 2 heterocycles. The number of hydrogen-bond donors (Lipinski definition) is 4. The van der Waals surface area contributed by atoms with Crippen molar-refractivity contribution < 1.29 is 23.4 Å². The smallest absolute Gasteiger partial charge is 0.261 e. The number of halogens is 3. The standard InChI is InChI=1S/C30H26ClF2N7O2S.C2H4O/c1-40(2)13-14-42-24-10-9-19(16-20(24)31)37-30-35-12-11-23(38-30)27-26(39-29(34)43-27)17-5-3-6-18(15-17)36-28(41)25-21(32)7-4-8-22(25)33;1-2-3/h3-12,15-16H,13-14H2,1-2H3,(H2,34,39)(H,36,41)(H,35,37,38);2-3H,1H2. The number of likely N-dealkylation sites (N-methyl/N-ethyl adjacent to an activating group) is 1. The summed E-state index contributed by atoms with van der Waals surface area (Å²) >= 11 is 7.65. The van der Waals surface area contributed by atoms with Gasteiger partial charge in [-0.3, -0.25) is 4.79 Å². The second-order valence-electron chi connectivity index (χ2n) is 9.73. The Balaban J connectivity index is 0.00000154. The highest BCUT2D eigenvalue weighted by Gasteiger charge is 2.19. The van der Waals surface area contributed by atoms with E-state index >= 15 is 0 Å². The number of nitrogen functional groups attached to an aromatic ring is 1. The van der Waals surface area contributed by atoms with Crippen molar-refractivity contribution in [2.24, 2.45) is 0 Å². The van der Waals surface area contributed by atoms with Gasteiger partial charge < -0.3 is 31.1 Å². The fraction of sp³-hybridized carbons (Fsp3) is 0.125. The van der Waals surface area contributed by atoms with Gasteiger partial charge in [0, 0.05) is 29.7 Å². The molecule has 46 heavy (non-hydrogen) atoms. The fourth-order valence-electron chi connectivity index (χ4n) is 4.07. The number of hydrogen-bond acceptors (Lipinski definition) is 10. The van der Waals surface area contributed by atoms with Crippen LogP contribution in [0.4, 0.5) is 31.2 Å². The Bertz CT molecular complexity index is 1820. The van der Waals surface area contributed by atoms with Crippen LogP contribution in [0.3, 0.4) is 0 Å². The number of aliphatic hydroxyl groups excluding tert-OH is 1. The van der Waals surface area contributed by atoms with E-state index in [0.717, 1.165) is 24.9 Å². The minimum atomic E-state index is -0.956. The molecule has 0 aliphatic heterocycles. The summed E-state index contributed by atoms with van der Waals surface area (Å²) in [5.74, 6) is -1.93. The Kier molecular flexibility index (Phi) is 11.6. The monoisotopic (exact) mass is 665 g/mol. The van der Waals surface area contributed by atoms with E-state index in [4.69, 9.17) is 27.2 Å². The van der Waals surface area contributed by atoms with Crippen molar-refractivity contribution in [2.75, 3.05) is 43.6 Å². The van der Waals surface area contributed by atoms with E-state index in [1.807, 2.05) is 25.1 Å². The number of anilines is 4. The number of carbonyl (C=O) groups is 1. The number of thiazole rings is 1. The second-order valence-corrected chi connectivity index (χ2v) is 11.2. The van der Waals surface area contributed by atoms with Gasteiger partial charge in [-0.2, -0.15) is 0 Å². The zero-order chi connectivity index (χ0) is 33.2. The summed E-state index contributed by atoms with van der Waals surface area (Å²) < 4.78 is 34.0. The van der Waals surface area contributed by atoms with Gasteiger partial charge in [-0.05, 0) is 62.6 Å². The van der Waals surface area contributed by atoms with Crippen LogP contribution in [0.15, 0.2) is 85.8 Å². The number of nitrogens with one attached hydrogen (secondary N) is 2. The predicted molar refractivity (Wildman–Crippen MR) is 179 cm³/mol. The Morgan fingerprint density at radius 3 is 2.50 bits per heavy atom. The minimum Gasteiger partial charge on any atom is -0.516 e. The van der Waals surface area contributed by atoms with Crippen LogP contribution in [0.5, 0.6) is 5.75 Å². The van der Waals surface area contributed by atoms with Crippen LogP contribution in [0.1, 0.15) is 10.4 Å². The average molecular weight is 666 g/mol. The lowest BCUT2D eigenvalue weighted by Gasteiger charge is -2.13. The van der Waals surface area contributed by atoms with Crippen molar-refractivity contribution in [1.29, 1.82) is 0 Å². The molecule has 5 aromatic rings. The highest BCUT2D eigenvalue weighted by Crippen LogP contribution is 2.38. The summed E-state index contributed by atoms with van der Waals surface area (Å²) in [6, 6.07) is 17.0. The molecule has 238 valence electrons. The SMILES string of the molecule is C=CO.CN(C)CCOc1ccc(Nc2nccc(-c3sc(N)nc3-c3cccc(NC(=O)c4c(F)cccc4F)c3)n2)cc1Cl. The number of aliphatic hydroxyl groups is 1. The fourth-order valence-corrected chi connectivity index (χ4v) is 5.13. The molecule has 0 saturated carbocycles. The Labute approximate surface area is 273 Å². The molecule has 0 bridgehead atoms. The summed E-state index contributed by atoms with van der Waals surface area (Å²) in [6.07, 6.45) is 2.35. The molecule has 2 aromatic heterocycles. The quantitative estimate of drug-likeness (QED) is 0.112. The molecule has 0 fully saturated rings. The molecule has 0 atom stereocenters. The van der Waals surface area contributed by atoms with Gasteiger partial charge in [0.15, 0.2) is 5.13 Å². The number of amides is 1. The summed E-state index contributed by atoms with van der Waals surface area (Å²) in [5.41, 5.74) is 8.09. The lowest BCUT2D eigenvalue weighted by molar-refractivity contribution is 0.101. The van der Waals surface area contributed by atoms with Gasteiger partial charge in [-0.1, -0.05) is 47.7 Å². The number of benzene rings is 3. The average Bonchev–Trinajstić information content (AvgIpc) is 3.40. The van der Waals surface area contributed by atoms with E-state index in [-0.39, 0.29) is 0 Å². The van der Waals surface area contributed by atoms with Crippen LogP contribution in [-0.2, 0) is 0 Å². The highest BCUT2D eigenvalue weighted by molar-refractivity contribution is 7.19. The van der Waals surface area contributed by atoms with Crippen LogP contribution in [0.25, 0.3) is 21.8 Å².